The van der Waals surface area contributed by atoms with Crippen LogP contribution >= 0.6 is 0 Å². The summed E-state index contributed by atoms with van der Waals surface area (Å²) >= 11 is 0. The van der Waals surface area contributed by atoms with Crippen LogP contribution in [-0.2, 0) is 17.7 Å². The van der Waals surface area contributed by atoms with Crippen molar-refractivity contribution in [2.45, 2.75) is 58.2 Å². The van der Waals surface area contributed by atoms with Crippen molar-refractivity contribution >= 4 is 28.5 Å². The lowest BCUT2D eigenvalue weighted by Crippen LogP contribution is -2.50. The summed E-state index contributed by atoms with van der Waals surface area (Å²) in [7, 11) is 2.12. The monoisotopic (exact) mass is 583 g/mol. The standard InChI is InChI=1S/C33H41N7O3/c1-33(2,3)43-32(41)39-18-16-38(17-19-39)30-26-12-15-40(29-25-10-6-5-8-23(25)11-13-35-29)21-28(26)27(20-34)31(36-30)42-22-24-9-7-14-37(24)4/h5-6,8,10-11,13,24H,7,9,12,14-19,21-22H2,1-4H3/t24-/m0/s1. The number of ether oxygens (including phenoxy) is 2. The first-order valence-electron chi connectivity index (χ1n) is 15.3. The number of carbonyl (C=O) groups excluding carboxylic acids is 1. The van der Waals surface area contributed by atoms with Gasteiger partial charge in [-0.25, -0.2) is 9.78 Å². The molecule has 3 aliphatic heterocycles. The molecule has 6 rings (SSSR count). The zero-order valence-corrected chi connectivity index (χ0v) is 25.7. The highest BCUT2D eigenvalue weighted by Crippen LogP contribution is 2.38. The van der Waals surface area contributed by atoms with Crippen LogP contribution in [0.3, 0.4) is 0 Å². The predicted molar refractivity (Wildman–Crippen MR) is 167 cm³/mol. The van der Waals surface area contributed by atoms with E-state index in [1.807, 2.05) is 45.2 Å². The second-order valence-corrected chi connectivity index (χ2v) is 12.8. The molecule has 226 valence electrons. The summed E-state index contributed by atoms with van der Waals surface area (Å²) in [6, 6.07) is 13.1. The van der Waals surface area contributed by atoms with Crippen molar-refractivity contribution in [2.24, 2.45) is 0 Å². The number of pyridine rings is 2. The molecule has 0 bridgehead atoms. The third-order valence-corrected chi connectivity index (χ3v) is 8.72. The van der Waals surface area contributed by atoms with Gasteiger partial charge in [-0.15, -0.1) is 0 Å². The van der Waals surface area contributed by atoms with Gasteiger partial charge in [0, 0.05) is 68.0 Å². The van der Waals surface area contributed by atoms with E-state index < -0.39 is 5.60 Å². The molecule has 0 unspecified atom stereocenters. The Morgan fingerprint density at radius 3 is 2.53 bits per heavy atom. The molecule has 0 radical (unpaired) electrons. The lowest BCUT2D eigenvalue weighted by Gasteiger charge is -2.39. The Hall–Kier alpha value is -4.10. The summed E-state index contributed by atoms with van der Waals surface area (Å²) in [4.78, 5) is 31.1. The Morgan fingerprint density at radius 1 is 1.02 bits per heavy atom. The number of hydrogen-bond donors (Lipinski definition) is 0. The molecule has 3 aliphatic rings. The molecular weight excluding hydrogens is 542 g/mol. The van der Waals surface area contributed by atoms with E-state index in [0.717, 1.165) is 65.9 Å². The number of piperazine rings is 1. The van der Waals surface area contributed by atoms with E-state index in [0.29, 0.717) is 56.8 Å². The molecule has 10 heteroatoms. The number of likely N-dealkylation sites (tertiary alicyclic amines) is 1. The van der Waals surface area contributed by atoms with Crippen molar-refractivity contribution in [3.05, 3.63) is 53.2 Å². The van der Waals surface area contributed by atoms with E-state index in [9.17, 15) is 10.1 Å². The Kier molecular flexibility index (Phi) is 8.01. The maximum atomic E-state index is 12.7. The van der Waals surface area contributed by atoms with Gasteiger partial charge in [0.2, 0.25) is 5.88 Å². The number of hydrogen-bond acceptors (Lipinski definition) is 9. The number of anilines is 2. The molecule has 0 spiro atoms. The Morgan fingerprint density at radius 2 is 1.81 bits per heavy atom. The van der Waals surface area contributed by atoms with Crippen LogP contribution in [0.25, 0.3) is 10.8 Å². The van der Waals surface area contributed by atoms with Crippen LogP contribution in [0, 0.1) is 11.3 Å². The molecule has 1 aromatic carbocycles. The number of likely N-dealkylation sites (N-methyl/N-ethyl adjacent to an activating group) is 1. The maximum absolute atomic E-state index is 12.7. The number of fused-ring (bicyclic) bond motifs is 2. The van der Waals surface area contributed by atoms with Gasteiger partial charge in [-0.1, -0.05) is 24.3 Å². The van der Waals surface area contributed by atoms with E-state index in [4.69, 9.17) is 19.4 Å². The van der Waals surface area contributed by atoms with E-state index in [2.05, 4.69) is 39.9 Å². The van der Waals surface area contributed by atoms with Crippen molar-refractivity contribution in [3.8, 4) is 11.9 Å². The summed E-state index contributed by atoms with van der Waals surface area (Å²) < 4.78 is 12.0. The number of aromatic nitrogens is 2. The quantitative estimate of drug-likeness (QED) is 0.427. The highest BCUT2D eigenvalue weighted by molar-refractivity contribution is 5.92. The van der Waals surface area contributed by atoms with Gasteiger partial charge in [-0.3, -0.25) is 0 Å². The van der Waals surface area contributed by atoms with Crippen LogP contribution in [0.4, 0.5) is 16.4 Å². The van der Waals surface area contributed by atoms with Gasteiger partial charge in [0.25, 0.3) is 0 Å². The van der Waals surface area contributed by atoms with Gasteiger partial charge in [0.1, 0.15) is 35.5 Å². The molecule has 3 aromatic rings. The van der Waals surface area contributed by atoms with E-state index >= 15 is 0 Å². The van der Waals surface area contributed by atoms with Gasteiger partial charge in [-0.2, -0.15) is 10.2 Å². The van der Waals surface area contributed by atoms with Crippen LogP contribution in [0.1, 0.15) is 50.3 Å². The fraction of sp³-hybridized carbons (Fsp3) is 0.515. The van der Waals surface area contributed by atoms with Gasteiger partial charge >= 0.3 is 6.09 Å². The van der Waals surface area contributed by atoms with Crippen molar-refractivity contribution in [2.75, 3.05) is 62.7 Å². The molecule has 5 heterocycles. The minimum atomic E-state index is -0.535. The number of nitriles is 1. The molecular formula is C33H41N7O3. The Labute approximate surface area is 253 Å². The third kappa shape index (κ3) is 6.04. The molecule has 0 N–H and O–H groups in total. The smallest absolute Gasteiger partial charge is 0.410 e. The first kappa shape index (κ1) is 29.0. The topological polar surface area (TPSA) is 98.1 Å². The zero-order chi connectivity index (χ0) is 30.1. The highest BCUT2D eigenvalue weighted by atomic mass is 16.6. The van der Waals surface area contributed by atoms with Crippen molar-refractivity contribution in [1.29, 1.82) is 5.26 Å². The minimum Gasteiger partial charge on any atom is -0.475 e. The summed E-state index contributed by atoms with van der Waals surface area (Å²) in [5.41, 5.74) is 2.02. The van der Waals surface area contributed by atoms with Gasteiger partial charge in [-0.05, 0) is 65.1 Å². The van der Waals surface area contributed by atoms with E-state index in [1.165, 1.54) is 0 Å². The molecule has 43 heavy (non-hydrogen) atoms. The Balaban J connectivity index is 1.32. The molecule has 0 aliphatic carbocycles. The number of carbonyl (C=O) groups is 1. The molecule has 1 amide bonds. The van der Waals surface area contributed by atoms with Crippen molar-refractivity contribution in [3.63, 3.8) is 0 Å². The average Bonchev–Trinajstić information content (AvgIpc) is 3.42. The summed E-state index contributed by atoms with van der Waals surface area (Å²) in [5, 5.41) is 12.7. The lowest BCUT2D eigenvalue weighted by atomic mass is 9.95. The number of nitrogens with zero attached hydrogens (tertiary/aromatic N) is 7. The number of benzene rings is 1. The summed E-state index contributed by atoms with van der Waals surface area (Å²) in [6.07, 6.45) is 4.52. The van der Waals surface area contributed by atoms with Gasteiger partial charge in [0.15, 0.2) is 0 Å². The lowest BCUT2D eigenvalue weighted by molar-refractivity contribution is 0.0240. The van der Waals surface area contributed by atoms with Crippen LogP contribution in [-0.4, -0.2) is 90.4 Å². The van der Waals surface area contributed by atoms with E-state index in [-0.39, 0.29) is 6.09 Å². The van der Waals surface area contributed by atoms with Crippen LogP contribution in [0.15, 0.2) is 36.5 Å². The van der Waals surface area contributed by atoms with Gasteiger partial charge in [0.05, 0.1) is 0 Å². The number of amides is 1. The van der Waals surface area contributed by atoms with Crippen molar-refractivity contribution < 1.29 is 14.3 Å². The molecule has 1 atom stereocenters. The average molecular weight is 584 g/mol. The first-order chi connectivity index (χ1) is 20.7. The molecule has 0 saturated carbocycles. The third-order valence-electron chi connectivity index (χ3n) is 8.72. The number of rotatable bonds is 5. The summed E-state index contributed by atoms with van der Waals surface area (Å²) in [5.74, 6) is 2.18. The Bertz CT molecular complexity index is 1530. The minimum absolute atomic E-state index is 0.287. The fourth-order valence-electron chi connectivity index (χ4n) is 6.40. The maximum Gasteiger partial charge on any atom is 0.410 e. The van der Waals surface area contributed by atoms with Gasteiger partial charge < -0.3 is 29.1 Å². The van der Waals surface area contributed by atoms with Crippen LogP contribution < -0.4 is 14.5 Å². The molecule has 2 saturated heterocycles. The fourth-order valence-corrected chi connectivity index (χ4v) is 6.40. The van der Waals surface area contributed by atoms with Crippen molar-refractivity contribution in [1.82, 2.24) is 19.8 Å². The zero-order valence-electron chi connectivity index (χ0n) is 25.7. The largest absolute Gasteiger partial charge is 0.475 e. The van der Waals surface area contributed by atoms with Crippen LogP contribution in [0.5, 0.6) is 5.88 Å². The second-order valence-electron chi connectivity index (χ2n) is 12.8. The highest BCUT2D eigenvalue weighted by Gasteiger charge is 2.33. The normalized spacial score (nSPS) is 19.3. The summed E-state index contributed by atoms with van der Waals surface area (Å²) in [6.45, 7) is 10.9. The molecule has 2 aromatic heterocycles. The first-order valence-corrected chi connectivity index (χ1v) is 15.3. The molecule has 2 fully saturated rings. The predicted octanol–water partition coefficient (Wildman–Crippen LogP) is 4.59. The SMILES string of the molecule is CN1CCC[C@H]1COc1nc(N2CCN(C(=O)OC(C)(C)C)CC2)c2c(c1C#N)CN(c1nccc3ccccc13)CC2. The van der Waals surface area contributed by atoms with E-state index in [1.54, 1.807) is 4.90 Å². The van der Waals surface area contributed by atoms with Crippen LogP contribution in [0.2, 0.25) is 0 Å². The second kappa shape index (κ2) is 11.9. The molecule has 10 nitrogen and oxygen atoms in total.